The first kappa shape index (κ1) is 15.7. The Morgan fingerprint density at radius 1 is 1.33 bits per heavy atom. The Labute approximate surface area is 138 Å². The van der Waals surface area contributed by atoms with E-state index in [4.69, 9.17) is 19.9 Å². The van der Waals surface area contributed by atoms with Crippen molar-refractivity contribution in [3.05, 3.63) is 12.7 Å². The van der Waals surface area contributed by atoms with Gasteiger partial charge in [0.15, 0.2) is 24.0 Å². The summed E-state index contributed by atoms with van der Waals surface area (Å²) in [5, 5.41) is 0. The summed E-state index contributed by atoms with van der Waals surface area (Å²) in [5.41, 5.74) is 6.68. The molecule has 4 heterocycles. The van der Waals surface area contributed by atoms with Crippen LogP contribution in [0.1, 0.15) is 31.9 Å². The minimum absolute atomic E-state index is 0.207. The lowest BCUT2D eigenvalue weighted by Gasteiger charge is -2.24. The van der Waals surface area contributed by atoms with Crippen molar-refractivity contribution in [2.75, 3.05) is 18.9 Å². The molecule has 130 valence electrons. The summed E-state index contributed by atoms with van der Waals surface area (Å²) in [6, 6.07) is 0. The zero-order valence-electron chi connectivity index (χ0n) is 13.2. The number of halogens is 1. The van der Waals surface area contributed by atoms with Gasteiger partial charge in [0.05, 0.1) is 19.0 Å². The predicted molar refractivity (Wildman–Crippen MR) is 82.7 cm³/mol. The van der Waals surface area contributed by atoms with Gasteiger partial charge in [-0.1, -0.05) is 0 Å². The molecule has 2 saturated heterocycles. The van der Waals surface area contributed by atoms with Gasteiger partial charge in [0.25, 0.3) is 0 Å². The minimum Gasteiger partial charge on any atom is -0.382 e. The van der Waals surface area contributed by atoms with Gasteiger partial charge in [-0.05, 0) is 19.3 Å². The van der Waals surface area contributed by atoms with Gasteiger partial charge in [-0.15, -0.1) is 0 Å². The van der Waals surface area contributed by atoms with Gasteiger partial charge in [0.2, 0.25) is 0 Å². The van der Waals surface area contributed by atoms with Crippen molar-refractivity contribution in [3.63, 3.8) is 0 Å². The Morgan fingerprint density at radius 2 is 2.25 bits per heavy atom. The fourth-order valence-corrected chi connectivity index (χ4v) is 3.17. The van der Waals surface area contributed by atoms with Crippen LogP contribution in [0, 0.1) is 0 Å². The quantitative estimate of drug-likeness (QED) is 0.904. The van der Waals surface area contributed by atoms with Crippen molar-refractivity contribution in [2.45, 2.75) is 50.5 Å². The molecule has 0 radical (unpaired) electrons. The molecular formula is C15H20FN5O3. The summed E-state index contributed by atoms with van der Waals surface area (Å²) in [6.45, 7) is 1.03. The summed E-state index contributed by atoms with van der Waals surface area (Å²) in [6.07, 6.45) is 3.62. The molecule has 1 unspecified atom stereocenters. The molecule has 9 heteroatoms. The Morgan fingerprint density at radius 3 is 3.08 bits per heavy atom. The van der Waals surface area contributed by atoms with E-state index in [0.717, 1.165) is 19.3 Å². The van der Waals surface area contributed by atoms with Crippen LogP contribution in [0.4, 0.5) is 10.2 Å². The second-order valence-corrected chi connectivity index (χ2v) is 6.11. The van der Waals surface area contributed by atoms with Crippen LogP contribution in [0.15, 0.2) is 12.7 Å². The number of nitrogens with zero attached hydrogens (tertiary/aromatic N) is 4. The summed E-state index contributed by atoms with van der Waals surface area (Å²) in [5.74, 6) is 0.265. The van der Waals surface area contributed by atoms with Gasteiger partial charge in [0.1, 0.15) is 18.0 Å². The third-order valence-electron chi connectivity index (χ3n) is 4.40. The van der Waals surface area contributed by atoms with Gasteiger partial charge >= 0.3 is 0 Å². The van der Waals surface area contributed by atoms with Gasteiger partial charge in [-0.25, -0.2) is 19.3 Å². The summed E-state index contributed by atoms with van der Waals surface area (Å²) >= 11 is 0. The molecule has 0 aliphatic carbocycles. The number of hydrogen-bond acceptors (Lipinski definition) is 7. The van der Waals surface area contributed by atoms with Crippen LogP contribution in [-0.4, -0.2) is 51.3 Å². The summed E-state index contributed by atoms with van der Waals surface area (Å²) < 4.78 is 33.1. The van der Waals surface area contributed by atoms with Crippen LogP contribution in [-0.2, 0) is 14.2 Å². The summed E-state index contributed by atoms with van der Waals surface area (Å²) in [7, 11) is 0. The zero-order chi connectivity index (χ0) is 16.5. The van der Waals surface area contributed by atoms with Crippen LogP contribution in [0.3, 0.4) is 0 Å². The average molecular weight is 337 g/mol. The highest BCUT2D eigenvalue weighted by atomic mass is 19.1. The number of nitrogen functional groups attached to an aromatic ring is 1. The van der Waals surface area contributed by atoms with Crippen molar-refractivity contribution >= 4 is 17.0 Å². The first-order valence-corrected chi connectivity index (χ1v) is 8.18. The molecule has 2 aromatic heterocycles. The molecule has 8 nitrogen and oxygen atoms in total. The zero-order valence-corrected chi connectivity index (χ0v) is 13.2. The van der Waals surface area contributed by atoms with E-state index >= 15 is 0 Å². The van der Waals surface area contributed by atoms with Crippen molar-refractivity contribution in [3.8, 4) is 0 Å². The van der Waals surface area contributed by atoms with E-state index in [-0.39, 0.29) is 24.6 Å². The fraction of sp³-hybridized carbons (Fsp3) is 0.667. The normalized spacial score (nSPS) is 30.9. The lowest BCUT2D eigenvalue weighted by Crippen LogP contribution is -2.27. The molecular weight excluding hydrogens is 317 g/mol. The van der Waals surface area contributed by atoms with E-state index in [0.29, 0.717) is 24.4 Å². The van der Waals surface area contributed by atoms with E-state index in [1.165, 1.54) is 12.7 Å². The highest BCUT2D eigenvalue weighted by Crippen LogP contribution is 2.34. The van der Waals surface area contributed by atoms with E-state index in [1.807, 2.05) is 0 Å². The number of anilines is 1. The topological polar surface area (TPSA) is 97.3 Å². The van der Waals surface area contributed by atoms with Crippen molar-refractivity contribution in [1.29, 1.82) is 0 Å². The van der Waals surface area contributed by atoms with Gasteiger partial charge in [-0.3, -0.25) is 4.57 Å². The van der Waals surface area contributed by atoms with Gasteiger partial charge < -0.3 is 19.9 Å². The number of alkyl halides is 1. The molecule has 2 N–H and O–H groups in total. The van der Waals surface area contributed by atoms with Crippen molar-refractivity contribution in [2.24, 2.45) is 0 Å². The number of ether oxygens (including phenoxy) is 3. The number of imidazole rings is 1. The largest absolute Gasteiger partial charge is 0.382 e. The molecule has 2 aliphatic heterocycles. The van der Waals surface area contributed by atoms with E-state index in [1.54, 1.807) is 4.57 Å². The second-order valence-electron chi connectivity index (χ2n) is 6.11. The monoisotopic (exact) mass is 337 g/mol. The molecule has 4 rings (SSSR count). The average Bonchev–Trinajstić information content (AvgIpc) is 3.18. The fourth-order valence-electron chi connectivity index (χ4n) is 3.17. The number of hydrogen-bond donors (Lipinski definition) is 1. The third-order valence-corrected chi connectivity index (χ3v) is 4.40. The molecule has 2 fully saturated rings. The van der Waals surface area contributed by atoms with Crippen molar-refractivity contribution in [1.82, 2.24) is 19.5 Å². The van der Waals surface area contributed by atoms with Crippen LogP contribution < -0.4 is 5.73 Å². The maximum atomic E-state index is 14.5. The molecule has 0 bridgehead atoms. The maximum absolute atomic E-state index is 14.5. The molecule has 4 atom stereocenters. The molecule has 0 amide bonds. The van der Waals surface area contributed by atoms with Crippen molar-refractivity contribution < 1.29 is 18.6 Å². The lowest BCUT2D eigenvalue weighted by atomic mass is 10.2. The summed E-state index contributed by atoms with van der Waals surface area (Å²) in [4.78, 5) is 12.2. The highest BCUT2D eigenvalue weighted by Gasteiger charge is 2.38. The van der Waals surface area contributed by atoms with E-state index in [2.05, 4.69) is 15.0 Å². The van der Waals surface area contributed by atoms with E-state index < -0.39 is 12.4 Å². The third kappa shape index (κ3) is 2.94. The predicted octanol–water partition coefficient (Wildman–Crippen LogP) is 1.58. The standard InChI is InChI=1S/C15H20FN5O3/c16-10-5-9(6-23-11-3-1-2-4-22-11)24-15(10)21-8-20-12-13(17)18-7-19-14(12)21/h7-11,15H,1-6H2,(H2,17,18,19)/t9-,10-,11?,15+/m0/s1. The maximum Gasteiger partial charge on any atom is 0.168 e. The molecule has 2 aromatic rings. The second kappa shape index (κ2) is 6.58. The molecule has 0 saturated carbocycles. The molecule has 0 spiro atoms. The molecule has 24 heavy (non-hydrogen) atoms. The Balaban J connectivity index is 1.43. The van der Waals surface area contributed by atoms with Crippen LogP contribution in [0.2, 0.25) is 0 Å². The first-order valence-electron chi connectivity index (χ1n) is 8.18. The highest BCUT2D eigenvalue weighted by molar-refractivity contribution is 5.81. The molecule has 2 aliphatic rings. The minimum atomic E-state index is -1.17. The van der Waals surface area contributed by atoms with Crippen LogP contribution in [0.25, 0.3) is 11.2 Å². The molecule has 0 aromatic carbocycles. The van der Waals surface area contributed by atoms with E-state index in [9.17, 15) is 4.39 Å². The van der Waals surface area contributed by atoms with Crippen LogP contribution in [0.5, 0.6) is 0 Å². The van der Waals surface area contributed by atoms with Crippen LogP contribution >= 0.6 is 0 Å². The number of aromatic nitrogens is 4. The lowest BCUT2D eigenvalue weighted by molar-refractivity contribution is -0.180. The van der Waals surface area contributed by atoms with Gasteiger partial charge in [-0.2, -0.15) is 0 Å². The van der Waals surface area contributed by atoms with Gasteiger partial charge in [0, 0.05) is 13.0 Å². The number of fused-ring (bicyclic) bond motifs is 1. The number of rotatable bonds is 4. The first-order chi connectivity index (χ1) is 11.7. The SMILES string of the molecule is Nc1ncnc2c1ncn2[C@@H]1O[C@H](COC2CCCCO2)C[C@@H]1F. The Kier molecular flexibility index (Phi) is 4.30. The Hall–Kier alpha value is -1.84. The smallest absolute Gasteiger partial charge is 0.168 e. The Bertz CT molecular complexity index is 705. The number of nitrogens with two attached hydrogens (primary N) is 1.